The smallest absolute Gasteiger partial charge is 0.0162 e. The number of hydrogen-bond donors (Lipinski definition) is 0. The number of aryl methyl sites for hydroxylation is 1. The van der Waals surface area contributed by atoms with Crippen LogP contribution in [0.15, 0.2) is 24.3 Å². The lowest BCUT2D eigenvalue weighted by molar-refractivity contribution is 0.179. The van der Waals surface area contributed by atoms with Gasteiger partial charge in [-0.2, -0.15) is 0 Å². The summed E-state index contributed by atoms with van der Waals surface area (Å²) in [7, 11) is 0. The molecule has 0 N–H and O–H groups in total. The van der Waals surface area contributed by atoms with Crippen LogP contribution in [0, 0.1) is 5.41 Å². The van der Waals surface area contributed by atoms with Crippen molar-refractivity contribution >= 4 is 0 Å². The maximum atomic E-state index is 2.52. The van der Waals surface area contributed by atoms with Crippen LogP contribution >= 0.6 is 0 Å². The van der Waals surface area contributed by atoms with E-state index >= 15 is 0 Å². The van der Waals surface area contributed by atoms with Gasteiger partial charge < -0.3 is 0 Å². The van der Waals surface area contributed by atoms with Crippen LogP contribution in [0.4, 0.5) is 0 Å². The van der Waals surface area contributed by atoms with Gasteiger partial charge >= 0.3 is 0 Å². The molecule has 0 saturated heterocycles. The van der Waals surface area contributed by atoms with Crippen LogP contribution in [0.1, 0.15) is 102 Å². The fourth-order valence-corrected chi connectivity index (χ4v) is 4.04. The number of benzene rings is 1. The van der Waals surface area contributed by atoms with Crippen LogP contribution in [0.3, 0.4) is 0 Å². The molecule has 1 fully saturated rings. The zero-order valence-electron chi connectivity index (χ0n) is 15.2. The summed E-state index contributed by atoms with van der Waals surface area (Å²) in [6.45, 7) is 7.12. The molecule has 0 unspecified atom stereocenters. The van der Waals surface area contributed by atoms with Gasteiger partial charge in [0.2, 0.25) is 0 Å². The Morgan fingerprint density at radius 1 is 0.909 bits per heavy atom. The van der Waals surface area contributed by atoms with Gasteiger partial charge in [-0.15, -0.1) is 0 Å². The fourth-order valence-electron chi connectivity index (χ4n) is 4.04. The summed E-state index contributed by atoms with van der Waals surface area (Å²) in [5, 5.41) is 0. The summed E-state index contributed by atoms with van der Waals surface area (Å²) in [5.74, 6) is 0.819. The molecule has 0 bridgehead atoms. The van der Waals surface area contributed by atoms with E-state index < -0.39 is 0 Å². The monoisotopic (exact) mass is 300 g/mol. The van der Waals surface area contributed by atoms with Crippen LogP contribution in [-0.4, -0.2) is 0 Å². The van der Waals surface area contributed by atoms with Crippen molar-refractivity contribution in [1.29, 1.82) is 0 Å². The standard InChI is InChI=1S/C22H36/c1-4-6-8-9-19-10-12-20(13-11-19)21-14-17-22(3,18-15-21)16-7-5-2/h10-13,21H,4-9,14-18H2,1-3H3. The highest BCUT2D eigenvalue weighted by Gasteiger charge is 2.30. The van der Waals surface area contributed by atoms with Gasteiger partial charge in [0, 0.05) is 0 Å². The Labute approximate surface area is 138 Å². The second-order valence-corrected chi connectivity index (χ2v) is 7.89. The molecule has 0 amide bonds. The van der Waals surface area contributed by atoms with E-state index in [0.717, 1.165) is 5.92 Å². The Bertz CT molecular complexity index is 406. The molecule has 0 radical (unpaired) electrons. The zero-order chi connectivity index (χ0) is 15.8. The molecule has 1 aliphatic carbocycles. The minimum atomic E-state index is 0.632. The summed E-state index contributed by atoms with van der Waals surface area (Å²) in [5.41, 5.74) is 3.75. The van der Waals surface area contributed by atoms with Crippen LogP contribution in [0.2, 0.25) is 0 Å². The molecule has 1 saturated carbocycles. The first kappa shape index (κ1) is 17.6. The first-order valence-electron chi connectivity index (χ1n) is 9.75. The van der Waals surface area contributed by atoms with E-state index in [1.807, 2.05) is 0 Å². The largest absolute Gasteiger partial charge is 0.0654 e. The minimum absolute atomic E-state index is 0.632. The Hall–Kier alpha value is -0.780. The summed E-state index contributed by atoms with van der Waals surface area (Å²) in [6, 6.07) is 9.60. The Balaban J connectivity index is 1.83. The third-order valence-electron chi connectivity index (χ3n) is 5.85. The van der Waals surface area contributed by atoms with Crippen molar-refractivity contribution in [1.82, 2.24) is 0 Å². The first-order chi connectivity index (χ1) is 10.7. The van der Waals surface area contributed by atoms with Crippen LogP contribution in [0.25, 0.3) is 0 Å². The number of rotatable bonds is 8. The van der Waals surface area contributed by atoms with Gasteiger partial charge in [0.15, 0.2) is 0 Å². The average molecular weight is 301 g/mol. The van der Waals surface area contributed by atoms with Gasteiger partial charge in [-0.3, -0.25) is 0 Å². The van der Waals surface area contributed by atoms with E-state index in [1.54, 1.807) is 5.56 Å². The normalized spacial score (nSPS) is 25.3. The molecular weight excluding hydrogens is 264 g/mol. The third kappa shape index (κ3) is 5.14. The molecule has 0 atom stereocenters. The van der Waals surface area contributed by atoms with Crippen molar-refractivity contribution in [3.05, 3.63) is 35.4 Å². The van der Waals surface area contributed by atoms with Gasteiger partial charge in [0.05, 0.1) is 0 Å². The van der Waals surface area contributed by atoms with E-state index in [-0.39, 0.29) is 0 Å². The SMILES string of the molecule is CCCCCc1ccc(C2CCC(C)(CCCC)CC2)cc1. The van der Waals surface area contributed by atoms with E-state index in [2.05, 4.69) is 45.0 Å². The van der Waals surface area contributed by atoms with Crippen molar-refractivity contribution in [2.45, 2.75) is 97.3 Å². The van der Waals surface area contributed by atoms with Crippen LogP contribution < -0.4 is 0 Å². The average Bonchev–Trinajstić information content (AvgIpc) is 2.55. The van der Waals surface area contributed by atoms with Crippen molar-refractivity contribution < 1.29 is 0 Å². The van der Waals surface area contributed by atoms with Gasteiger partial charge in [0.25, 0.3) is 0 Å². The summed E-state index contributed by atoms with van der Waals surface area (Å²) < 4.78 is 0. The molecular formula is C22H36. The van der Waals surface area contributed by atoms with Crippen molar-refractivity contribution in [3.63, 3.8) is 0 Å². The molecule has 0 aromatic heterocycles. The summed E-state index contributed by atoms with van der Waals surface area (Å²) in [4.78, 5) is 0. The first-order valence-corrected chi connectivity index (χ1v) is 9.75. The Morgan fingerprint density at radius 2 is 1.55 bits per heavy atom. The lowest BCUT2D eigenvalue weighted by atomic mass is 9.68. The van der Waals surface area contributed by atoms with Gasteiger partial charge in [-0.1, -0.05) is 70.7 Å². The van der Waals surface area contributed by atoms with Crippen LogP contribution in [-0.2, 0) is 6.42 Å². The quantitative estimate of drug-likeness (QED) is 0.443. The minimum Gasteiger partial charge on any atom is -0.0654 e. The summed E-state index contributed by atoms with van der Waals surface area (Å²) >= 11 is 0. The molecule has 0 aliphatic heterocycles. The Kier molecular flexibility index (Phi) is 6.99. The lowest BCUT2D eigenvalue weighted by Crippen LogP contribution is -2.23. The second-order valence-electron chi connectivity index (χ2n) is 7.89. The molecule has 1 aromatic rings. The molecule has 0 heterocycles. The summed E-state index contributed by atoms with van der Waals surface area (Å²) in [6.07, 6.45) is 15.1. The van der Waals surface area contributed by atoms with Crippen molar-refractivity contribution in [2.24, 2.45) is 5.41 Å². The second kappa shape index (κ2) is 8.75. The highest BCUT2D eigenvalue weighted by atomic mass is 14.4. The van der Waals surface area contributed by atoms with Gasteiger partial charge in [0.1, 0.15) is 0 Å². The molecule has 124 valence electrons. The van der Waals surface area contributed by atoms with E-state index in [1.165, 1.54) is 76.2 Å². The number of unbranched alkanes of at least 4 members (excludes halogenated alkanes) is 3. The topological polar surface area (TPSA) is 0 Å². The van der Waals surface area contributed by atoms with Gasteiger partial charge in [-0.05, 0) is 67.4 Å². The third-order valence-corrected chi connectivity index (χ3v) is 5.85. The van der Waals surface area contributed by atoms with Crippen molar-refractivity contribution in [3.8, 4) is 0 Å². The molecule has 22 heavy (non-hydrogen) atoms. The van der Waals surface area contributed by atoms with Crippen LogP contribution in [0.5, 0.6) is 0 Å². The maximum Gasteiger partial charge on any atom is -0.0162 e. The fraction of sp³-hybridized carbons (Fsp3) is 0.727. The molecule has 0 nitrogen and oxygen atoms in total. The lowest BCUT2D eigenvalue weighted by Gasteiger charge is -2.37. The molecule has 0 heteroatoms. The Morgan fingerprint density at radius 3 is 2.14 bits per heavy atom. The van der Waals surface area contributed by atoms with Crippen molar-refractivity contribution in [2.75, 3.05) is 0 Å². The molecule has 2 rings (SSSR count). The predicted molar refractivity (Wildman–Crippen MR) is 98.5 cm³/mol. The van der Waals surface area contributed by atoms with E-state index in [9.17, 15) is 0 Å². The van der Waals surface area contributed by atoms with Gasteiger partial charge in [-0.25, -0.2) is 0 Å². The molecule has 0 spiro atoms. The highest BCUT2D eigenvalue weighted by Crippen LogP contribution is 2.45. The predicted octanol–water partition coefficient (Wildman–Crippen LogP) is 7.27. The number of hydrogen-bond acceptors (Lipinski definition) is 0. The maximum absolute atomic E-state index is 2.52. The van der Waals surface area contributed by atoms with E-state index in [4.69, 9.17) is 0 Å². The highest BCUT2D eigenvalue weighted by molar-refractivity contribution is 5.26. The molecule has 1 aromatic carbocycles. The zero-order valence-corrected chi connectivity index (χ0v) is 15.2. The van der Waals surface area contributed by atoms with E-state index in [0.29, 0.717) is 5.41 Å². The molecule has 1 aliphatic rings.